The number of unbranched alkanes of at least 4 members (excludes halogenated alkanes) is 2. The van der Waals surface area contributed by atoms with Gasteiger partial charge in [-0.1, -0.05) is 221 Å². The number of amides is 11. The van der Waals surface area contributed by atoms with Gasteiger partial charge in [0.05, 0.1) is 50.2 Å². The number of ether oxygens (including phenoxy) is 3. The van der Waals surface area contributed by atoms with Crippen molar-refractivity contribution >= 4 is 105 Å². The Morgan fingerprint density at radius 2 is 1.16 bits per heavy atom. The number of urea groups is 1. The number of aliphatic carboxylic acids is 1. The molecule has 31 nitrogen and oxygen atoms in total. The van der Waals surface area contributed by atoms with Gasteiger partial charge in [0.1, 0.15) is 47.4 Å². The van der Waals surface area contributed by atoms with Crippen molar-refractivity contribution in [3.63, 3.8) is 0 Å². The van der Waals surface area contributed by atoms with Gasteiger partial charge in [0.25, 0.3) is 0 Å². The zero-order chi connectivity index (χ0) is 96.5. The molecule has 7 aromatic carbocycles. The van der Waals surface area contributed by atoms with E-state index in [-0.39, 0.29) is 76.7 Å². The third-order valence-corrected chi connectivity index (χ3v) is 25.5. The van der Waals surface area contributed by atoms with E-state index in [4.69, 9.17) is 36.5 Å². The number of nitrogens with two attached hydrogens (primary N) is 1. The molecule has 11 amide bonds. The minimum absolute atomic E-state index is 0.0241. The molecule has 9 N–H and O–H groups in total. The monoisotopic (exact) mass is 1860 g/mol. The van der Waals surface area contributed by atoms with Crippen LogP contribution in [0.15, 0.2) is 219 Å². The van der Waals surface area contributed by atoms with Gasteiger partial charge in [-0.3, -0.25) is 58.2 Å². The second-order valence-corrected chi connectivity index (χ2v) is 35.7. The van der Waals surface area contributed by atoms with Crippen LogP contribution in [-0.2, 0) is 104 Å². The molecule has 0 radical (unpaired) electrons. The summed E-state index contributed by atoms with van der Waals surface area (Å²) < 4.78 is 20.3. The highest BCUT2D eigenvalue weighted by Gasteiger charge is 2.46. The second-order valence-electron chi connectivity index (χ2n) is 35.2. The number of likely N-dealkylation sites (tertiary alicyclic amines) is 1. The number of imidazole rings is 1. The lowest BCUT2D eigenvalue weighted by molar-refractivity contribution is -0.171. The van der Waals surface area contributed by atoms with E-state index in [1.165, 1.54) is 40.7 Å². The van der Waals surface area contributed by atoms with E-state index in [0.717, 1.165) is 66.7 Å². The molecular formula is C103H124ClN15O16. The van der Waals surface area contributed by atoms with E-state index in [1.54, 1.807) is 94.2 Å². The Labute approximate surface area is 791 Å². The Kier molecular flexibility index (Phi) is 35.4. The minimum Gasteiger partial charge on any atom is -0.481 e. The van der Waals surface area contributed by atoms with Gasteiger partial charge in [-0.05, 0) is 135 Å². The van der Waals surface area contributed by atoms with Gasteiger partial charge in [0.2, 0.25) is 53.2 Å². The Balaban J connectivity index is 0.856. The second kappa shape index (κ2) is 47.5. The summed E-state index contributed by atoms with van der Waals surface area (Å²) in [5, 5.41) is 23.9. The third-order valence-electron chi connectivity index (χ3n) is 25.3. The number of carboxylic acids is 1. The molecule has 5 heterocycles. The van der Waals surface area contributed by atoms with Crippen LogP contribution in [0.2, 0.25) is 5.02 Å². The first-order chi connectivity index (χ1) is 65.0. The number of likely N-dealkylation sites (N-methyl/N-ethyl adjacent to an activating group) is 3. The summed E-state index contributed by atoms with van der Waals surface area (Å²) in [6.07, 6.45) is 9.59. The molecule has 9 atom stereocenters. The van der Waals surface area contributed by atoms with E-state index in [1.807, 2.05) is 164 Å². The average Bonchev–Trinajstić information content (AvgIpc) is 1.71. The summed E-state index contributed by atoms with van der Waals surface area (Å²) in [4.78, 5) is 198. The number of primary amides is 1. The van der Waals surface area contributed by atoms with Crippen molar-refractivity contribution < 1.29 is 76.9 Å². The fraction of sp³-hybridized carbons (Fsp3) is 0.408. The number of carboxylic acid groups (broad SMARTS) is 1. The molecule has 0 bridgehead atoms. The maximum atomic E-state index is 16.5. The topological polar surface area (TPSA) is 396 Å². The van der Waals surface area contributed by atoms with Gasteiger partial charge in [-0.25, -0.2) is 14.6 Å². The number of nitrogens with zero attached hydrogens (tertiary/aromatic N) is 8. The van der Waals surface area contributed by atoms with Crippen LogP contribution in [0.3, 0.4) is 0 Å². The smallest absolute Gasteiger partial charge is 0.329 e. The summed E-state index contributed by atoms with van der Waals surface area (Å²) in [5.41, 5.74) is 10.9. The molecule has 5 unspecified atom stereocenters. The lowest BCUT2D eigenvalue weighted by Crippen LogP contribution is -2.60. The first-order valence-electron chi connectivity index (χ1n) is 46.4. The predicted molar refractivity (Wildman–Crippen MR) is 512 cm³/mol. The molecule has 10 aromatic rings. The highest BCUT2D eigenvalue weighted by molar-refractivity contribution is 6.30. The molecule has 2 saturated heterocycles. The molecule has 135 heavy (non-hydrogen) atoms. The number of aromatic amines is 2. The predicted octanol–water partition coefficient (Wildman–Crippen LogP) is 11.1. The van der Waals surface area contributed by atoms with Crippen LogP contribution in [0, 0.1) is 0 Å². The Morgan fingerprint density at radius 3 is 1.73 bits per heavy atom. The maximum absolute atomic E-state index is 16.5. The van der Waals surface area contributed by atoms with Crippen LogP contribution in [0.4, 0.5) is 4.79 Å². The molecule has 32 heteroatoms. The van der Waals surface area contributed by atoms with Gasteiger partial charge in [-0.2, -0.15) is 0 Å². The van der Waals surface area contributed by atoms with Crippen molar-refractivity contribution in [3.8, 4) is 0 Å². The van der Waals surface area contributed by atoms with Crippen molar-refractivity contribution in [2.24, 2.45) is 5.73 Å². The number of halogens is 1. The summed E-state index contributed by atoms with van der Waals surface area (Å²) in [7, 11) is 4.09. The van der Waals surface area contributed by atoms with E-state index in [9.17, 15) is 29.1 Å². The number of benzene rings is 7. The van der Waals surface area contributed by atoms with Crippen LogP contribution in [0.5, 0.6) is 0 Å². The minimum atomic E-state index is -1.79. The van der Waals surface area contributed by atoms with Crippen LogP contribution < -0.4 is 27.0 Å². The number of carbonyl (C=O) groups is 12. The fourth-order valence-electron chi connectivity index (χ4n) is 17.9. The van der Waals surface area contributed by atoms with E-state index in [0.29, 0.717) is 60.4 Å². The first kappa shape index (κ1) is 101. The number of rotatable bonds is 46. The van der Waals surface area contributed by atoms with Crippen molar-refractivity contribution in [2.75, 3.05) is 67.1 Å². The molecule has 2 aliphatic heterocycles. The van der Waals surface area contributed by atoms with Gasteiger partial charge < -0.3 is 80.0 Å². The standard InChI is InChI=1S/C103H124ClN15O16/c1-9-12-46-81(109-82(93(105)124)57-69-61-106-79-47-28-26-44-77(69)79)94(125)110-83(58-70-62-107-80-48-29-27-45-78(70)80)95(126)111-85(66-134-92-50-30-31-54-133-92)96(127)116(51-11-3)65-89(120)114(7)87(56-68-34-32-43-75(104)55-68)99(130)115(8)88(59-76-63-117(67-108-76)103(72-37-20-15-21-38-72,73-39-22-16-23-40-73)74-41-24-17-25-42-74)98(129)113(6)64-90(121)119(52-13-10-2)101(132)112-84(60-91(122)123)97(128)118-53-33-49-86(118)100(131)135-102(4,5)71-35-18-14-19-36-71/h14-29,32,34-45,47-48,55,61-63,67,81-88,92,106-107,109H,9-13,30-31,33,46,49-54,56-60,64-66H2,1-8H3,(H2,105,124)(H,110,125)(H,111,126)(H,112,132)(H,122,123)/t81?,82?,83-,84-,85?,86-,87?,88-,92?/m0/s1. The molecule has 714 valence electrons. The van der Waals surface area contributed by atoms with Crippen molar-refractivity contribution in [1.82, 2.24) is 70.2 Å². The lowest BCUT2D eigenvalue weighted by Gasteiger charge is -2.37. The number of carbonyl (C=O) groups excluding carboxylic acids is 11. The number of imide groups is 1. The highest BCUT2D eigenvalue weighted by atomic mass is 35.5. The maximum Gasteiger partial charge on any atom is 0.329 e. The zero-order valence-corrected chi connectivity index (χ0v) is 78.6. The lowest BCUT2D eigenvalue weighted by atomic mass is 9.77. The van der Waals surface area contributed by atoms with Gasteiger partial charge in [0, 0.05) is 112 Å². The zero-order valence-electron chi connectivity index (χ0n) is 77.8. The molecule has 2 fully saturated rings. The summed E-state index contributed by atoms with van der Waals surface area (Å²) in [6.45, 7) is 7.05. The Bertz CT molecular complexity index is 5640. The quantitative estimate of drug-likeness (QED) is 0.0130. The number of hydrogen-bond acceptors (Lipinski definition) is 17. The molecular weight excluding hydrogens is 1740 g/mol. The molecule has 0 saturated carbocycles. The first-order valence-corrected chi connectivity index (χ1v) is 46.8. The number of nitrogens with one attached hydrogen (secondary N) is 6. The number of aromatic nitrogens is 4. The Morgan fingerprint density at radius 1 is 0.585 bits per heavy atom. The Hall–Kier alpha value is -13.4. The van der Waals surface area contributed by atoms with E-state index < -0.39 is 163 Å². The fourth-order valence-corrected chi connectivity index (χ4v) is 18.1. The van der Waals surface area contributed by atoms with E-state index in [2.05, 4.69) is 31.2 Å². The largest absolute Gasteiger partial charge is 0.481 e. The average molecular weight is 1860 g/mol. The van der Waals surface area contributed by atoms with Crippen LogP contribution in [-0.4, -0.2) is 247 Å². The third kappa shape index (κ3) is 25.4. The molecule has 3 aromatic heterocycles. The number of H-pyrrole nitrogens is 2. The molecule has 0 spiro atoms. The van der Waals surface area contributed by atoms with Crippen molar-refractivity contribution in [2.45, 2.75) is 203 Å². The number of hydrogen-bond donors (Lipinski definition) is 8. The number of fused-ring (bicyclic) bond motifs is 2. The SMILES string of the molecule is CCCCC(NC(Cc1c[nH]c2ccccc12)C(N)=O)C(=O)N[C@@H](Cc1c[nH]c2ccccc12)C(=O)NC(COC1CCCCO1)C(=O)N(CCC)CC(=O)N(C)C(Cc1cccc(Cl)c1)C(=O)N(C)[C@@H](Cc1cn(C(c2ccccc2)(c2ccccc2)c2ccccc2)cn1)C(=O)N(C)CC(=O)N(CCCC)C(=O)N[C@@H](CC(=O)O)C(=O)N1CCC[C@H]1C(=O)OC(C)(C)c1ccccc1. The van der Waals surface area contributed by atoms with E-state index >= 15 is 33.6 Å². The molecule has 2 aliphatic rings. The van der Waals surface area contributed by atoms with Gasteiger partial charge >= 0.3 is 18.0 Å². The summed E-state index contributed by atoms with van der Waals surface area (Å²) in [6, 6.07) is 47.7. The summed E-state index contributed by atoms with van der Waals surface area (Å²) >= 11 is 6.73. The van der Waals surface area contributed by atoms with Crippen molar-refractivity contribution in [1.29, 1.82) is 0 Å². The summed E-state index contributed by atoms with van der Waals surface area (Å²) in [5.74, 6) is -9.38. The van der Waals surface area contributed by atoms with Gasteiger partial charge in [-0.15, -0.1) is 0 Å². The van der Waals surface area contributed by atoms with Gasteiger partial charge in [0.15, 0.2) is 6.29 Å². The van der Waals surface area contributed by atoms with Crippen LogP contribution in [0.1, 0.15) is 156 Å². The highest BCUT2D eigenvalue weighted by Crippen LogP contribution is 2.42. The molecule has 12 rings (SSSR count). The molecule has 0 aliphatic carbocycles. The van der Waals surface area contributed by atoms with Crippen molar-refractivity contribution in [3.05, 3.63) is 269 Å². The number of para-hydroxylation sites is 2. The van der Waals surface area contributed by atoms with Crippen LogP contribution >= 0.6 is 11.6 Å². The number of esters is 1. The van der Waals surface area contributed by atoms with Crippen LogP contribution in [0.25, 0.3) is 21.8 Å². The normalized spacial score (nSPS) is 15.5.